The number of halogens is 1. The van der Waals surface area contributed by atoms with E-state index in [2.05, 4.69) is 126 Å². The van der Waals surface area contributed by atoms with Gasteiger partial charge in [-0.2, -0.15) is 0 Å². The molecule has 3 heteroatoms. The molecule has 6 aromatic carbocycles. The molecule has 1 heterocycles. The average molecular weight is 538 g/mol. The molecule has 0 fully saturated rings. The first-order valence-corrected chi connectivity index (χ1v) is 14.2. The number of thiophene rings is 1. The molecule has 0 atom stereocenters. The molecule has 0 bridgehead atoms. The molecule has 186 valence electrons. The van der Waals surface area contributed by atoms with Gasteiger partial charge in [0.15, 0.2) is 0 Å². The third-order valence-corrected chi connectivity index (χ3v) is 8.52. The fourth-order valence-electron chi connectivity index (χ4n) is 5.20. The van der Waals surface area contributed by atoms with Gasteiger partial charge in [-0.25, -0.2) is 0 Å². The zero-order chi connectivity index (χ0) is 26.2. The summed E-state index contributed by atoms with van der Waals surface area (Å²) in [6, 6.07) is 51.4. The molecular weight excluding hydrogens is 514 g/mol. The highest BCUT2D eigenvalue weighted by molar-refractivity contribution is 7.25. The van der Waals surface area contributed by atoms with Gasteiger partial charge in [-0.1, -0.05) is 96.5 Å². The number of fused-ring (bicyclic) bond motifs is 3. The maximum absolute atomic E-state index is 6.43. The maximum Gasteiger partial charge on any atom is 0.0476 e. The summed E-state index contributed by atoms with van der Waals surface area (Å²) in [6.07, 6.45) is 0. The SMILES string of the molecule is Clc1cccc(N(c2ccc(-c3ccccc3)cc2)c2ccc(-c3ccc4sc5ccccc5c4c3)cc2)c1. The van der Waals surface area contributed by atoms with Crippen molar-refractivity contribution in [2.75, 3.05) is 4.90 Å². The van der Waals surface area contributed by atoms with E-state index in [1.807, 2.05) is 35.6 Å². The highest BCUT2D eigenvalue weighted by atomic mass is 35.5. The van der Waals surface area contributed by atoms with Crippen LogP contribution in [0.5, 0.6) is 0 Å². The van der Waals surface area contributed by atoms with Gasteiger partial charge in [0.25, 0.3) is 0 Å². The second kappa shape index (κ2) is 10.1. The first kappa shape index (κ1) is 23.7. The van der Waals surface area contributed by atoms with Crippen LogP contribution in [0.3, 0.4) is 0 Å². The monoisotopic (exact) mass is 537 g/mol. The molecule has 0 amide bonds. The second-order valence-electron chi connectivity index (χ2n) is 9.58. The summed E-state index contributed by atoms with van der Waals surface area (Å²) < 4.78 is 2.65. The van der Waals surface area contributed by atoms with Crippen molar-refractivity contribution >= 4 is 60.2 Å². The molecule has 39 heavy (non-hydrogen) atoms. The molecule has 1 nitrogen and oxygen atoms in total. The number of anilines is 3. The lowest BCUT2D eigenvalue weighted by atomic mass is 10.0. The zero-order valence-corrected chi connectivity index (χ0v) is 22.7. The van der Waals surface area contributed by atoms with Crippen LogP contribution in [-0.4, -0.2) is 0 Å². The Morgan fingerprint density at radius 1 is 0.410 bits per heavy atom. The summed E-state index contributed by atoms with van der Waals surface area (Å²) in [5.74, 6) is 0. The minimum Gasteiger partial charge on any atom is -0.310 e. The summed E-state index contributed by atoms with van der Waals surface area (Å²) >= 11 is 8.28. The first-order chi connectivity index (χ1) is 19.2. The minimum absolute atomic E-state index is 0.714. The van der Waals surface area contributed by atoms with E-state index in [0.717, 1.165) is 17.1 Å². The van der Waals surface area contributed by atoms with Crippen molar-refractivity contribution in [2.24, 2.45) is 0 Å². The van der Waals surface area contributed by atoms with E-state index >= 15 is 0 Å². The van der Waals surface area contributed by atoms with Gasteiger partial charge in [-0.3, -0.25) is 0 Å². The van der Waals surface area contributed by atoms with E-state index < -0.39 is 0 Å². The van der Waals surface area contributed by atoms with E-state index in [0.29, 0.717) is 5.02 Å². The van der Waals surface area contributed by atoms with Crippen LogP contribution < -0.4 is 4.90 Å². The molecular formula is C36H24ClNS. The number of rotatable bonds is 5. The number of hydrogen-bond donors (Lipinski definition) is 0. The van der Waals surface area contributed by atoms with Crippen LogP contribution in [-0.2, 0) is 0 Å². The molecule has 0 aliphatic rings. The lowest BCUT2D eigenvalue weighted by Crippen LogP contribution is -2.09. The van der Waals surface area contributed by atoms with Crippen molar-refractivity contribution in [3.63, 3.8) is 0 Å². The summed E-state index contributed by atoms with van der Waals surface area (Å²) in [6.45, 7) is 0. The Balaban J connectivity index is 1.27. The van der Waals surface area contributed by atoms with Gasteiger partial charge in [0, 0.05) is 42.3 Å². The van der Waals surface area contributed by atoms with Gasteiger partial charge in [0.1, 0.15) is 0 Å². The van der Waals surface area contributed by atoms with Crippen LogP contribution in [0.1, 0.15) is 0 Å². The van der Waals surface area contributed by atoms with E-state index in [1.165, 1.54) is 42.4 Å². The van der Waals surface area contributed by atoms with Gasteiger partial charge in [0.2, 0.25) is 0 Å². The molecule has 7 rings (SSSR count). The molecule has 7 aromatic rings. The van der Waals surface area contributed by atoms with E-state index in [4.69, 9.17) is 11.6 Å². The Hall–Kier alpha value is -4.37. The van der Waals surface area contributed by atoms with Crippen molar-refractivity contribution in [2.45, 2.75) is 0 Å². The summed E-state index contributed by atoms with van der Waals surface area (Å²) in [4.78, 5) is 2.25. The van der Waals surface area contributed by atoms with Crippen LogP contribution >= 0.6 is 22.9 Å². The summed E-state index contributed by atoms with van der Waals surface area (Å²) in [5.41, 5.74) is 8.00. The molecule has 0 unspecified atom stereocenters. The third-order valence-electron chi connectivity index (χ3n) is 7.13. The highest BCUT2D eigenvalue weighted by Crippen LogP contribution is 2.39. The zero-order valence-electron chi connectivity index (χ0n) is 21.1. The number of benzene rings is 6. The Labute approximate surface area is 237 Å². The number of hydrogen-bond acceptors (Lipinski definition) is 2. The molecule has 1 aromatic heterocycles. The molecule has 0 saturated carbocycles. The van der Waals surface area contributed by atoms with Crippen molar-refractivity contribution in [1.29, 1.82) is 0 Å². The number of nitrogens with zero attached hydrogens (tertiary/aromatic N) is 1. The van der Waals surface area contributed by atoms with Crippen LogP contribution in [0.25, 0.3) is 42.4 Å². The molecule has 0 spiro atoms. The topological polar surface area (TPSA) is 3.24 Å². The fraction of sp³-hybridized carbons (Fsp3) is 0. The summed E-state index contributed by atoms with van der Waals surface area (Å²) in [7, 11) is 0. The predicted molar refractivity (Wildman–Crippen MR) is 170 cm³/mol. The molecule has 0 aliphatic heterocycles. The Morgan fingerprint density at radius 2 is 1.00 bits per heavy atom. The molecule has 0 N–H and O–H groups in total. The van der Waals surface area contributed by atoms with Gasteiger partial charge in [-0.05, 0) is 82.9 Å². The standard InChI is InChI=1S/C36H24ClNS/c37-29-9-6-10-32(24-29)38(30-18-13-26(14-19-30)25-7-2-1-3-8-25)31-20-15-27(16-21-31)28-17-22-36-34(23-28)33-11-4-5-12-35(33)39-36/h1-24H. The van der Waals surface area contributed by atoms with Crippen LogP contribution in [0.15, 0.2) is 146 Å². The Morgan fingerprint density at radius 3 is 1.72 bits per heavy atom. The smallest absolute Gasteiger partial charge is 0.0476 e. The Kier molecular flexibility index (Phi) is 6.13. The van der Waals surface area contributed by atoms with Gasteiger partial charge < -0.3 is 4.90 Å². The van der Waals surface area contributed by atoms with Crippen LogP contribution in [0.2, 0.25) is 5.02 Å². The lowest BCUT2D eigenvalue weighted by Gasteiger charge is -2.26. The maximum atomic E-state index is 6.43. The van der Waals surface area contributed by atoms with Crippen LogP contribution in [0.4, 0.5) is 17.1 Å². The van der Waals surface area contributed by atoms with Crippen LogP contribution in [0, 0.1) is 0 Å². The quantitative estimate of drug-likeness (QED) is 0.211. The van der Waals surface area contributed by atoms with Gasteiger partial charge in [-0.15, -0.1) is 11.3 Å². The first-order valence-electron chi connectivity index (χ1n) is 13.0. The predicted octanol–water partition coefficient (Wildman–Crippen LogP) is 11.5. The Bertz CT molecular complexity index is 1910. The van der Waals surface area contributed by atoms with E-state index in [9.17, 15) is 0 Å². The molecule has 0 aliphatic carbocycles. The van der Waals surface area contributed by atoms with Crippen molar-refractivity contribution < 1.29 is 0 Å². The molecule has 0 radical (unpaired) electrons. The lowest BCUT2D eigenvalue weighted by molar-refractivity contribution is 1.28. The van der Waals surface area contributed by atoms with Crippen molar-refractivity contribution in [3.05, 3.63) is 151 Å². The van der Waals surface area contributed by atoms with E-state index in [-0.39, 0.29) is 0 Å². The van der Waals surface area contributed by atoms with E-state index in [1.54, 1.807) is 0 Å². The largest absolute Gasteiger partial charge is 0.310 e. The minimum atomic E-state index is 0.714. The van der Waals surface area contributed by atoms with Gasteiger partial charge >= 0.3 is 0 Å². The third kappa shape index (κ3) is 4.59. The van der Waals surface area contributed by atoms with Crippen molar-refractivity contribution in [1.82, 2.24) is 0 Å². The molecule has 0 saturated heterocycles. The highest BCUT2D eigenvalue weighted by Gasteiger charge is 2.14. The normalized spacial score (nSPS) is 11.2. The van der Waals surface area contributed by atoms with Gasteiger partial charge in [0.05, 0.1) is 0 Å². The second-order valence-corrected chi connectivity index (χ2v) is 11.1. The average Bonchev–Trinajstić information content (AvgIpc) is 3.37. The fourth-order valence-corrected chi connectivity index (χ4v) is 6.48. The summed E-state index contributed by atoms with van der Waals surface area (Å²) in [5, 5.41) is 3.35. The van der Waals surface area contributed by atoms with Crippen molar-refractivity contribution in [3.8, 4) is 22.3 Å².